The normalized spacial score (nSPS) is 11.6. The number of nitrogens with two attached hydrogens (primary N) is 1. The van der Waals surface area contributed by atoms with Crippen molar-refractivity contribution in [3.8, 4) is 0 Å². The van der Waals surface area contributed by atoms with E-state index in [0.29, 0.717) is 5.96 Å². The largest absolute Gasteiger partial charge is 0.381 e. The molecule has 0 radical (unpaired) electrons. The Morgan fingerprint density at radius 3 is 2.75 bits per heavy atom. The minimum atomic E-state index is 0.544. The quantitative estimate of drug-likeness (QED) is 0.392. The van der Waals surface area contributed by atoms with Crippen molar-refractivity contribution in [2.75, 3.05) is 26.3 Å². The second-order valence-electron chi connectivity index (χ2n) is 4.75. The Morgan fingerprint density at radius 1 is 1.20 bits per heavy atom. The van der Waals surface area contributed by atoms with Crippen LogP contribution < -0.4 is 11.1 Å². The van der Waals surface area contributed by atoms with E-state index in [1.807, 2.05) is 6.07 Å². The van der Waals surface area contributed by atoms with Crippen LogP contribution in [-0.2, 0) is 11.2 Å². The van der Waals surface area contributed by atoms with Crippen LogP contribution in [0.25, 0.3) is 0 Å². The van der Waals surface area contributed by atoms with Crippen LogP contribution in [-0.4, -0.2) is 32.3 Å². The van der Waals surface area contributed by atoms with Crippen LogP contribution in [0.4, 0.5) is 0 Å². The average molecular weight is 277 g/mol. The summed E-state index contributed by atoms with van der Waals surface area (Å²) in [5, 5.41) is 3.09. The SMILES string of the molecule is CCCCNC(N)=NCCCOCCc1ccccc1. The van der Waals surface area contributed by atoms with E-state index in [0.717, 1.165) is 52.0 Å². The molecule has 1 aromatic carbocycles. The summed E-state index contributed by atoms with van der Waals surface area (Å²) in [6, 6.07) is 10.4. The van der Waals surface area contributed by atoms with E-state index in [1.54, 1.807) is 0 Å². The van der Waals surface area contributed by atoms with Crippen molar-refractivity contribution < 1.29 is 4.74 Å². The third kappa shape index (κ3) is 8.53. The van der Waals surface area contributed by atoms with Gasteiger partial charge in [0.15, 0.2) is 5.96 Å². The first-order valence-electron chi connectivity index (χ1n) is 7.48. The molecule has 0 unspecified atom stereocenters. The number of nitrogens with zero attached hydrogens (tertiary/aromatic N) is 1. The Morgan fingerprint density at radius 2 is 2.00 bits per heavy atom. The van der Waals surface area contributed by atoms with Gasteiger partial charge in [-0.15, -0.1) is 0 Å². The third-order valence-electron chi connectivity index (χ3n) is 2.94. The molecule has 0 fully saturated rings. The van der Waals surface area contributed by atoms with E-state index in [2.05, 4.69) is 41.5 Å². The molecule has 0 aliphatic carbocycles. The molecular formula is C16H27N3O. The van der Waals surface area contributed by atoms with Crippen LogP contribution in [0.2, 0.25) is 0 Å². The minimum absolute atomic E-state index is 0.544. The number of ether oxygens (including phenoxy) is 1. The van der Waals surface area contributed by atoms with Crippen LogP contribution >= 0.6 is 0 Å². The topological polar surface area (TPSA) is 59.6 Å². The molecule has 112 valence electrons. The fourth-order valence-corrected chi connectivity index (χ4v) is 1.75. The number of rotatable bonds is 10. The highest BCUT2D eigenvalue weighted by atomic mass is 16.5. The van der Waals surface area contributed by atoms with Gasteiger partial charge in [0.2, 0.25) is 0 Å². The lowest BCUT2D eigenvalue weighted by molar-refractivity contribution is 0.136. The lowest BCUT2D eigenvalue weighted by Gasteiger charge is -2.05. The van der Waals surface area contributed by atoms with Crippen LogP contribution in [0.5, 0.6) is 0 Å². The predicted molar refractivity (Wildman–Crippen MR) is 85.0 cm³/mol. The Bertz CT molecular complexity index is 365. The summed E-state index contributed by atoms with van der Waals surface area (Å²) in [7, 11) is 0. The van der Waals surface area contributed by atoms with Gasteiger partial charge in [0.05, 0.1) is 6.61 Å². The number of hydrogen-bond donors (Lipinski definition) is 2. The van der Waals surface area contributed by atoms with Crippen molar-refractivity contribution in [3.05, 3.63) is 35.9 Å². The monoisotopic (exact) mass is 277 g/mol. The molecule has 3 N–H and O–H groups in total. The van der Waals surface area contributed by atoms with Gasteiger partial charge in [0.1, 0.15) is 0 Å². The number of guanidine groups is 1. The van der Waals surface area contributed by atoms with E-state index < -0.39 is 0 Å². The number of unbranched alkanes of at least 4 members (excludes halogenated alkanes) is 1. The molecule has 1 aromatic rings. The Labute approximate surface area is 122 Å². The number of benzene rings is 1. The first-order chi connectivity index (χ1) is 9.83. The second-order valence-corrected chi connectivity index (χ2v) is 4.75. The average Bonchev–Trinajstić information content (AvgIpc) is 2.47. The highest BCUT2D eigenvalue weighted by Gasteiger charge is 1.93. The zero-order valence-electron chi connectivity index (χ0n) is 12.5. The van der Waals surface area contributed by atoms with Gasteiger partial charge in [-0.2, -0.15) is 0 Å². The van der Waals surface area contributed by atoms with Crippen molar-refractivity contribution in [1.82, 2.24) is 5.32 Å². The fraction of sp³-hybridized carbons (Fsp3) is 0.562. The summed E-state index contributed by atoms with van der Waals surface area (Å²) < 4.78 is 5.59. The van der Waals surface area contributed by atoms with Gasteiger partial charge in [-0.25, -0.2) is 0 Å². The second kappa shape index (κ2) is 11.3. The molecule has 0 saturated heterocycles. The van der Waals surface area contributed by atoms with Crippen LogP contribution in [0.15, 0.2) is 35.3 Å². The highest BCUT2D eigenvalue weighted by Crippen LogP contribution is 1.99. The summed E-state index contributed by atoms with van der Waals surface area (Å²) in [4.78, 5) is 4.26. The lowest BCUT2D eigenvalue weighted by Crippen LogP contribution is -2.32. The van der Waals surface area contributed by atoms with E-state index in [-0.39, 0.29) is 0 Å². The Hall–Kier alpha value is -1.55. The number of hydrogen-bond acceptors (Lipinski definition) is 2. The predicted octanol–water partition coefficient (Wildman–Crippen LogP) is 2.34. The molecule has 0 bridgehead atoms. The van der Waals surface area contributed by atoms with Crippen molar-refractivity contribution in [1.29, 1.82) is 0 Å². The summed E-state index contributed by atoms with van der Waals surface area (Å²) in [5.41, 5.74) is 7.04. The first-order valence-corrected chi connectivity index (χ1v) is 7.48. The van der Waals surface area contributed by atoms with Gasteiger partial charge >= 0.3 is 0 Å². The number of nitrogens with one attached hydrogen (secondary N) is 1. The molecule has 0 spiro atoms. The molecule has 0 aliphatic rings. The molecule has 20 heavy (non-hydrogen) atoms. The summed E-state index contributed by atoms with van der Waals surface area (Å²) in [6.07, 6.45) is 4.16. The zero-order chi connectivity index (χ0) is 14.5. The maximum absolute atomic E-state index is 5.73. The van der Waals surface area contributed by atoms with Crippen LogP contribution in [0.1, 0.15) is 31.7 Å². The van der Waals surface area contributed by atoms with Crippen molar-refractivity contribution in [2.45, 2.75) is 32.6 Å². The van der Waals surface area contributed by atoms with Crippen LogP contribution in [0.3, 0.4) is 0 Å². The van der Waals surface area contributed by atoms with Gasteiger partial charge in [0, 0.05) is 19.7 Å². The molecule has 0 amide bonds. The summed E-state index contributed by atoms with van der Waals surface area (Å²) in [5.74, 6) is 0.544. The third-order valence-corrected chi connectivity index (χ3v) is 2.94. The number of aliphatic imine (C=N–C) groups is 1. The molecule has 0 heterocycles. The van der Waals surface area contributed by atoms with Crippen molar-refractivity contribution in [3.63, 3.8) is 0 Å². The molecule has 1 rings (SSSR count). The summed E-state index contributed by atoms with van der Waals surface area (Å²) >= 11 is 0. The highest BCUT2D eigenvalue weighted by molar-refractivity contribution is 5.77. The molecule has 4 heteroatoms. The maximum atomic E-state index is 5.73. The Kier molecular flexibility index (Phi) is 9.32. The molecule has 4 nitrogen and oxygen atoms in total. The van der Waals surface area contributed by atoms with E-state index >= 15 is 0 Å². The lowest BCUT2D eigenvalue weighted by atomic mass is 10.2. The van der Waals surface area contributed by atoms with Gasteiger partial charge in [-0.3, -0.25) is 4.99 Å². The van der Waals surface area contributed by atoms with Crippen LogP contribution in [0, 0.1) is 0 Å². The molecule has 0 aliphatic heterocycles. The van der Waals surface area contributed by atoms with E-state index in [4.69, 9.17) is 10.5 Å². The minimum Gasteiger partial charge on any atom is -0.381 e. The molecular weight excluding hydrogens is 250 g/mol. The molecule has 0 atom stereocenters. The smallest absolute Gasteiger partial charge is 0.188 e. The summed E-state index contributed by atoms with van der Waals surface area (Å²) in [6.45, 7) is 5.27. The fourth-order valence-electron chi connectivity index (χ4n) is 1.75. The molecule has 0 aromatic heterocycles. The van der Waals surface area contributed by atoms with Crippen molar-refractivity contribution >= 4 is 5.96 Å². The van der Waals surface area contributed by atoms with Gasteiger partial charge < -0.3 is 15.8 Å². The van der Waals surface area contributed by atoms with Crippen molar-refractivity contribution in [2.24, 2.45) is 10.7 Å². The standard InChI is InChI=1S/C16H27N3O/c1-2-3-11-18-16(17)19-12-7-13-20-14-10-15-8-5-4-6-9-15/h4-6,8-9H,2-3,7,10-14H2,1H3,(H3,17,18,19). The maximum Gasteiger partial charge on any atom is 0.188 e. The van der Waals surface area contributed by atoms with Gasteiger partial charge in [-0.1, -0.05) is 43.7 Å². The van der Waals surface area contributed by atoms with E-state index in [9.17, 15) is 0 Å². The first kappa shape index (κ1) is 16.5. The van der Waals surface area contributed by atoms with E-state index in [1.165, 1.54) is 5.56 Å². The molecule has 0 saturated carbocycles. The Balaban J connectivity index is 1.95. The van der Waals surface area contributed by atoms with Gasteiger partial charge in [-0.05, 0) is 24.8 Å². The zero-order valence-corrected chi connectivity index (χ0v) is 12.5. The van der Waals surface area contributed by atoms with Gasteiger partial charge in [0.25, 0.3) is 0 Å².